The third-order valence-corrected chi connectivity index (χ3v) is 6.21. The van der Waals surface area contributed by atoms with Crippen molar-refractivity contribution in [3.63, 3.8) is 0 Å². The Kier molecular flexibility index (Phi) is 5.62. The highest BCUT2D eigenvalue weighted by Crippen LogP contribution is 2.38. The van der Waals surface area contributed by atoms with Crippen molar-refractivity contribution in [2.75, 3.05) is 6.54 Å². The van der Waals surface area contributed by atoms with Gasteiger partial charge in [0.15, 0.2) is 11.5 Å². The maximum Gasteiger partial charge on any atom is 0.434 e. The van der Waals surface area contributed by atoms with Crippen molar-refractivity contribution in [3.8, 4) is 17.3 Å². The Morgan fingerprint density at radius 1 is 1.06 bits per heavy atom. The lowest BCUT2D eigenvalue weighted by Gasteiger charge is -2.49. The molecule has 1 unspecified atom stereocenters. The number of rotatable bonds is 4. The van der Waals surface area contributed by atoms with E-state index in [0.29, 0.717) is 30.6 Å². The molecule has 8 nitrogen and oxygen atoms in total. The highest BCUT2D eigenvalue weighted by molar-refractivity contribution is 5.98. The van der Waals surface area contributed by atoms with Gasteiger partial charge < -0.3 is 9.64 Å². The molecule has 0 N–H and O–H groups in total. The largest absolute Gasteiger partial charge is 0.471 e. The average Bonchev–Trinajstić information content (AvgIpc) is 2.84. The van der Waals surface area contributed by atoms with Gasteiger partial charge >= 0.3 is 6.18 Å². The Hall–Kier alpha value is -3.63. The fraction of sp³-hybridized carbons (Fsp3) is 0.391. The van der Waals surface area contributed by atoms with Gasteiger partial charge in [0.25, 0.3) is 5.91 Å². The molecule has 2 aliphatic heterocycles. The van der Waals surface area contributed by atoms with Crippen LogP contribution in [-0.2, 0) is 6.18 Å². The van der Waals surface area contributed by atoms with E-state index in [1.54, 1.807) is 29.6 Å². The molecule has 3 atom stereocenters. The first kappa shape index (κ1) is 22.2. The molecule has 0 radical (unpaired) electrons. The van der Waals surface area contributed by atoms with Gasteiger partial charge in [-0.25, -0.2) is 19.9 Å². The van der Waals surface area contributed by atoms with Gasteiger partial charge in [-0.05, 0) is 49.8 Å². The number of hydrogen-bond donors (Lipinski definition) is 0. The van der Waals surface area contributed by atoms with Crippen LogP contribution in [0.4, 0.5) is 13.2 Å². The number of amides is 1. The Bertz CT molecular complexity index is 1190. The standard InChI is InChI=1S/C23H21F3N6O2/c1-13-7-15(21-27-5-2-6-28-21)20(31-9-13)22(33)32-12-14-3-4-16(32)17(8-14)34-19-11-29-18(10-30-19)23(24,25)26/h2,5-7,9-11,14,16-17H,3-4,8,12H2,1H3/t14?,16-,17+/m0/s1. The average molecular weight is 470 g/mol. The van der Waals surface area contributed by atoms with Gasteiger partial charge in [0.1, 0.15) is 11.8 Å². The fourth-order valence-corrected chi connectivity index (χ4v) is 4.65. The van der Waals surface area contributed by atoms with E-state index in [1.807, 2.05) is 13.0 Å². The van der Waals surface area contributed by atoms with Crippen LogP contribution in [0.3, 0.4) is 0 Å². The van der Waals surface area contributed by atoms with Gasteiger partial charge in [-0.15, -0.1) is 0 Å². The molecular formula is C23H21F3N6O2. The lowest BCUT2D eigenvalue weighted by molar-refractivity contribution is -0.141. The number of hydrogen-bond acceptors (Lipinski definition) is 7. The van der Waals surface area contributed by atoms with Crippen LogP contribution in [-0.4, -0.2) is 54.4 Å². The zero-order valence-corrected chi connectivity index (χ0v) is 18.2. The van der Waals surface area contributed by atoms with Gasteiger partial charge in [0, 0.05) is 25.1 Å². The van der Waals surface area contributed by atoms with E-state index in [0.717, 1.165) is 24.6 Å². The van der Waals surface area contributed by atoms with Crippen LogP contribution < -0.4 is 4.74 Å². The molecule has 2 bridgehead atoms. The first-order chi connectivity index (χ1) is 16.3. The molecule has 34 heavy (non-hydrogen) atoms. The number of alkyl halides is 3. The number of pyridine rings is 1. The van der Waals surface area contributed by atoms with Gasteiger partial charge in [0.05, 0.1) is 24.0 Å². The van der Waals surface area contributed by atoms with Crippen molar-refractivity contribution >= 4 is 5.91 Å². The summed E-state index contributed by atoms with van der Waals surface area (Å²) >= 11 is 0. The van der Waals surface area contributed by atoms with Gasteiger partial charge in [-0.2, -0.15) is 13.2 Å². The number of ether oxygens (including phenoxy) is 1. The Balaban J connectivity index is 1.40. The highest BCUT2D eigenvalue weighted by Gasteiger charge is 2.45. The molecule has 3 aromatic heterocycles. The van der Waals surface area contributed by atoms with E-state index in [2.05, 4.69) is 24.9 Å². The van der Waals surface area contributed by atoms with Crippen LogP contribution in [0.25, 0.3) is 11.4 Å². The monoisotopic (exact) mass is 470 g/mol. The van der Waals surface area contributed by atoms with Crippen molar-refractivity contribution in [1.29, 1.82) is 0 Å². The molecule has 1 aliphatic carbocycles. The minimum atomic E-state index is -4.57. The summed E-state index contributed by atoms with van der Waals surface area (Å²) in [5.41, 5.74) is 0.611. The van der Waals surface area contributed by atoms with Crippen LogP contribution in [0.2, 0.25) is 0 Å². The van der Waals surface area contributed by atoms with E-state index >= 15 is 0 Å². The summed E-state index contributed by atoms with van der Waals surface area (Å²) in [4.78, 5) is 35.6. The number of aryl methyl sites for hydroxylation is 1. The van der Waals surface area contributed by atoms with Crippen LogP contribution in [0.1, 0.15) is 41.0 Å². The van der Waals surface area contributed by atoms with Crippen molar-refractivity contribution in [2.45, 2.75) is 44.5 Å². The molecule has 11 heteroatoms. The maximum absolute atomic E-state index is 13.6. The van der Waals surface area contributed by atoms with E-state index in [1.165, 1.54) is 0 Å². The third-order valence-electron chi connectivity index (χ3n) is 6.21. The molecule has 1 amide bonds. The molecule has 1 saturated carbocycles. The predicted molar refractivity (Wildman–Crippen MR) is 114 cm³/mol. The zero-order valence-electron chi connectivity index (χ0n) is 18.2. The topological polar surface area (TPSA) is 94.0 Å². The number of piperidine rings is 2. The predicted octanol–water partition coefficient (Wildman–Crippen LogP) is 3.73. The highest BCUT2D eigenvalue weighted by atomic mass is 19.4. The fourth-order valence-electron chi connectivity index (χ4n) is 4.65. The molecule has 176 valence electrons. The van der Waals surface area contributed by atoms with Crippen LogP contribution >= 0.6 is 0 Å². The summed E-state index contributed by atoms with van der Waals surface area (Å²) in [6, 6.07) is 3.28. The van der Waals surface area contributed by atoms with E-state index < -0.39 is 18.0 Å². The molecule has 5 heterocycles. The summed E-state index contributed by atoms with van der Waals surface area (Å²) in [5.74, 6) is 0.383. The minimum absolute atomic E-state index is 0.00443. The second kappa shape index (κ2) is 8.62. The first-order valence-corrected chi connectivity index (χ1v) is 10.9. The number of nitrogens with zero attached hydrogens (tertiary/aromatic N) is 6. The van der Waals surface area contributed by atoms with E-state index in [9.17, 15) is 18.0 Å². The summed E-state index contributed by atoms with van der Waals surface area (Å²) < 4.78 is 44.3. The summed E-state index contributed by atoms with van der Waals surface area (Å²) in [7, 11) is 0. The molecule has 0 aromatic carbocycles. The minimum Gasteiger partial charge on any atom is -0.471 e. The lowest BCUT2D eigenvalue weighted by Crippen LogP contribution is -2.59. The quantitative estimate of drug-likeness (QED) is 0.574. The summed E-state index contributed by atoms with van der Waals surface area (Å²) in [6.07, 6.45) is 3.87. The SMILES string of the molecule is Cc1cnc(C(=O)N2CC3CC[C@H]2[C@H](Oc2cnc(C(F)(F)F)cn2)C3)c(-c2ncccn2)c1. The molecule has 0 spiro atoms. The zero-order chi connectivity index (χ0) is 23.9. The van der Waals surface area contributed by atoms with Crippen LogP contribution in [0, 0.1) is 12.8 Å². The van der Waals surface area contributed by atoms with Crippen molar-refractivity contribution in [3.05, 3.63) is 60.1 Å². The number of halogens is 3. The molecule has 2 saturated heterocycles. The summed E-state index contributed by atoms with van der Waals surface area (Å²) in [6.45, 7) is 2.44. The molecule has 3 aromatic rings. The molecule has 3 aliphatic rings. The van der Waals surface area contributed by atoms with Crippen molar-refractivity contribution in [1.82, 2.24) is 29.8 Å². The number of aromatic nitrogens is 5. The Morgan fingerprint density at radius 3 is 2.53 bits per heavy atom. The molecule has 3 fully saturated rings. The van der Waals surface area contributed by atoms with Crippen molar-refractivity contribution < 1.29 is 22.7 Å². The Labute approximate surface area is 193 Å². The smallest absolute Gasteiger partial charge is 0.434 e. The second-order valence-corrected chi connectivity index (χ2v) is 8.58. The molecule has 6 rings (SSSR count). The molecular weight excluding hydrogens is 449 g/mol. The van der Waals surface area contributed by atoms with Crippen LogP contribution in [0.5, 0.6) is 5.88 Å². The van der Waals surface area contributed by atoms with E-state index in [-0.39, 0.29) is 29.4 Å². The number of carbonyl (C=O) groups is 1. The third kappa shape index (κ3) is 4.29. The Morgan fingerprint density at radius 2 is 1.85 bits per heavy atom. The van der Waals surface area contributed by atoms with Gasteiger partial charge in [-0.3, -0.25) is 9.78 Å². The normalized spacial score (nSPS) is 22.0. The lowest BCUT2D eigenvalue weighted by atomic mass is 9.77. The van der Waals surface area contributed by atoms with Crippen molar-refractivity contribution in [2.24, 2.45) is 5.92 Å². The van der Waals surface area contributed by atoms with Crippen LogP contribution in [0.15, 0.2) is 43.1 Å². The summed E-state index contributed by atoms with van der Waals surface area (Å²) in [5, 5.41) is 0. The van der Waals surface area contributed by atoms with E-state index in [4.69, 9.17) is 4.74 Å². The number of fused-ring (bicyclic) bond motifs is 3. The van der Waals surface area contributed by atoms with Gasteiger partial charge in [-0.1, -0.05) is 0 Å². The van der Waals surface area contributed by atoms with Gasteiger partial charge in [0.2, 0.25) is 5.88 Å². The first-order valence-electron chi connectivity index (χ1n) is 10.9. The second-order valence-electron chi connectivity index (χ2n) is 8.58. The maximum atomic E-state index is 13.6. The number of carbonyl (C=O) groups excluding carboxylic acids is 1.